The van der Waals surface area contributed by atoms with E-state index in [1.54, 1.807) is 6.20 Å². The molecular weight excluding hydrogens is 347 g/mol. The molecule has 0 N–H and O–H groups in total. The third kappa shape index (κ3) is 2.22. The summed E-state index contributed by atoms with van der Waals surface area (Å²) in [5.41, 5.74) is 1.52. The van der Waals surface area contributed by atoms with E-state index in [2.05, 4.69) is 19.9 Å². The standard InChI is InChI=1S/C14H13Cl3N4O/c1-6-10-7(4-18-12(6)16)13(20-14(17)19-10)21-2-3-22-5-8-9(15)11(8)21/h4,8-9,11H,2-3,5H2,1H3/t8-,9-,11-/m0/s1. The Morgan fingerprint density at radius 1 is 1.32 bits per heavy atom. The SMILES string of the molecule is Cc1c(Cl)ncc2c(N3CCOC[C@H]4[C@H](Cl)[C@H]43)nc(Cl)nc12. The largest absolute Gasteiger partial charge is 0.379 e. The second-order valence-electron chi connectivity index (χ2n) is 5.62. The first-order chi connectivity index (χ1) is 10.6. The van der Waals surface area contributed by atoms with Gasteiger partial charge < -0.3 is 9.64 Å². The fourth-order valence-corrected chi connectivity index (χ4v) is 3.82. The van der Waals surface area contributed by atoms with E-state index in [4.69, 9.17) is 39.5 Å². The normalized spacial score (nSPS) is 27.6. The average molecular weight is 360 g/mol. The Bertz CT molecular complexity index is 756. The van der Waals surface area contributed by atoms with Gasteiger partial charge in [0.2, 0.25) is 5.28 Å². The van der Waals surface area contributed by atoms with Gasteiger partial charge in [0.1, 0.15) is 11.0 Å². The van der Waals surface area contributed by atoms with Crippen LogP contribution in [0.3, 0.4) is 0 Å². The van der Waals surface area contributed by atoms with Crippen molar-refractivity contribution in [3.63, 3.8) is 0 Å². The summed E-state index contributed by atoms with van der Waals surface area (Å²) in [4.78, 5) is 15.1. The molecule has 4 rings (SSSR count). The number of aromatic nitrogens is 3. The van der Waals surface area contributed by atoms with Crippen LogP contribution < -0.4 is 4.90 Å². The molecule has 1 saturated heterocycles. The summed E-state index contributed by atoms with van der Waals surface area (Å²) in [7, 11) is 0. The van der Waals surface area contributed by atoms with Crippen LogP contribution in [0.4, 0.5) is 5.82 Å². The minimum Gasteiger partial charge on any atom is -0.379 e. The van der Waals surface area contributed by atoms with Gasteiger partial charge in [-0.2, -0.15) is 4.98 Å². The van der Waals surface area contributed by atoms with Gasteiger partial charge in [0.05, 0.1) is 35.5 Å². The Kier molecular flexibility index (Phi) is 3.57. The molecule has 0 amide bonds. The molecule has 116 valence electrons. The predicted octanol–water partition coefficient (Wildman–Crippen LogP) is 3.08. The molecule has 0 bridgehead atoms. The predicted molar refractivity (Wildman–Crippen MR) is 87.2 cm³/mol. The van der Waals surface area contributed by atoms with Crippen molar-refractivity contribution in [2.24, 2.45) is 5.92 Å². The number of hydrogen-bond acceptors (Lipinski definition) is 5. The minimum absolute atomic E-state index is 0.0745. The van der Waals surface area contributed by atoms with Gasteiger partial charge in [-0.3, -0.25) is 0 Å². The topological polar surface area (TPSA) is 51.1 Å². The van der Waals surface area contributed by atoms with Crippen LogP contribution in [0.1, 0.15) is 5.56 Å². The molecular formula is C14H13Cl3N4O. The van der Waals surface area contributed by atoms with Crippen LogP contribution in [-0.2, 0) is 4.74 Å². The Labute approximate surface area is 142 Å². The summed E-state index contributed by atoms with van der Waals surface area (Å²) in [5.74, 6) is 1.08. The number of halogens is 3. The summed E-state index contributed by atoms with van der Waals surface area (Å²) < 4.78 is 5.62. The first-order valence-electron chi connectivity index (χ1n) is 7.04. The zero-order valence-electron chi connectivity index (χ0n) is 11.8. The number of ether oxygens (including phenoxy) is 1. The summed E-state index contributed by atoms with van der Waals surface area (Å²) in [5, 5.41) is 1.53. The van der Waals surface area contributed by atoms with E-state index in [1.807, 2.05) is 6.92 Å². The smallest absolute Gasteiger partial charge is 0.224 e. The van der Waals surface area contributed by atoms with Crippen molar-refractivity contribution in [3.8, 4) is 0 Å². The highest BCUT2D eigenvalue weighted by Gasteiger charge is 2.54. The molecule has 1 aliphatic heterocycles. The van der Waals surface area contributed by atoms with E-state index < -0.39 is 0 Å². The molecule has 2 aliphatic rings. The van der Waals surface area contributed by atoms with Gasteiger partial charge in [0.25, 0.3) is 0 Å². The van der Waals surface area contributed by atoms with Crippen LogP contribution >= 0.6 is 34.8 Å². The van der Waals surface area contributed by atoms with E-state index in [0.717, 1.165) is 22.3 Å². The van der Waals surface area contributed by atoms with Crippen LogP contribution in [0.15, 0.2) is 6.20 Å². The second-order valence-corrected chi connectivity index (χ2v) is 6.82. The van der Waals surface area contributed by atoms with E-state index in [0.29, 0.717) is 30.8 Å². The molecule has 8 heteroatoms. The second kappa shape index (κ2) is 5.34. The van der Waals surface area contributed by atoms with E-state index in [-0.39, 0.29) is 16.7 Å². The van der Waals surface area contributed by atoms with E-state index in [9.17, 15) is 0 Å². The molecule has 2 aromatic heterocycles. The molecule has 22 heavy (non-hydrogen) atoms. The first kappa shape index (κ1) is 14.7. The lowest BCUT2D eigenvalue weighted by molar-refractivity contribution is 0.139. The van der Waals surface area contributed by atoms with Crippen LogP contribution in [0.5, 0.6) is 0 Å². The maximum atomic E-state index is 6.39. The highest BCUT2D eigenvalue weighted by molar-refractivity contribution is 6.31. The van der Waals surface area contributed by atoms with Gasteiger partial charge in [-0.1, -0.05) is 11.6 Å². The summed E-state index contributed by atoms with van der Waals surface area (Å²) in [6.07, 6.45) is 1.70. The number of fused-ring (bicyclic) bond motifs is 2. The van der Waals surface area contributed by atoms with Gasteiger partial charge in [0, 0.05) is 24.2 Å². The molecule has 0 unspecified atom stereocenters. The minimum atomic E-state index is 0.0745. The maximum absolute atomic E-state index is 6.39. The zero-order chi connectivity index (χ0) is 15.4. The Balaban J connectivity index is 1.89. The fourth-order valence-electron chi connectivity index (χ4n) is 3.06. The van der Waals surface area contributed by atoms with Crippen molar-refractivity contribution < 1.29 is 4.74 Å². The Morgan fingerprint density at radius 3 is 2.95 bits per heavy atom. The monoisotopic (exact) mass is 358 g/mol. The van der Waals surface area contributed by atoms with Crippen LogP contribution in [0.25, 0.3) is 10.9 Å². The lowest BCUT2D eigenvalue weighted by Crippen LogP contribution is -2.31. The van der Waals surface area contributed by atoms with Crippen molar-refractivity contribution in [2.75, 3.05) is 24.7 Å². The number of nitrogens with zero attached hydrogens (tertiary/aromatic N) is 4. The van der Waals surface area contributed by atoms with E-state index >= 15 is 0 Å². The van der Waals surface area contributed by atoms with Gasteiger partial charge in [-0.25, -0.2) is 9.97 Å². The molecule has 1 saturated carbocycles. The fraction of sp³-hybridized carbons (Fsp3) is 0.500. The maximum Gasteiger partial charge on any atom is 0.224 e. The third-order valence-corrected chi connectivity index (χ3v) is 5.45. The van der Waals surface area contributed by atoms with Crippen molar-refractivity contribution in [2.45, 2.75) is 18.3 Å². The summed E-state index contributed by atoms with van der Waals surface area (Å²) in [6, 6.07) is 0.217. The van der Waals surface area contributed by atoms with Gasteiger partial charge in [-0.05, 0) is 18.5 Å². The number of hydrogen-bond donors (Lipinski definition) is 0. The Hall–Kier alpha value is -0.880. The van der Waals surface area contributed by atoms with Crippen LogP contribution in [0.2, 0.25) is 10.4 Å². The van der Waals surface area contributed by atoms with Crippen molar-refractivity contribution in [1.29, 1.82) is 0 Å². The first-order valence-corrected chi connectivity index (χ1v) is 8.24. The summed E-state index contributed by atoms with van der Waals surface area (Å²) in [6.45, 7) is 3.92. The molecule has 3 atom stereocenters. The van der Waals surface area contributed by atoms with Crippen molar-refractivity contribution in [3.05, 3.63) is 22.2 Å². The molecule has 5 nitrogen and oxygen atoms in total. The quantitative estimate of drug-likeness (QED) is 0.445. The van der Waals surface area contributed by atoms with Gasteiger partial charge >= 0.3 is 0 Å². The third-order valence-electron chi connectivity index (χ3n) is 4.32. The highest BCUT2D eigenvalue weighted by atomic mass is 35.5. The molecule has 0 radical (unpaired) electrons. The Morgan fingerprint density at radius 2 is 2.14 bits per heavy atom. The molecule has 2 fully saturated rings. The number of pyridine rings is 1. The highest BCUT2D eigenvalue weighted by Crippen LogP contribution is 2.45. The van der Waals surface area contributed by atoms with Gasteiger partial charge in [0.15, 0.2) is 0 Å². The lowest BCUT2D eigenvalue weighted by atomic mass is 10.2. The average Bonchev–Trinajstić information content (AvgIpc) is 3.18. The molecule has 3 heterocycles. The summed E-state index contributed by atoms with van der Waals surface area (Å²) >= 11 is 18.6. The number of anilines is 1. The number of alkyl halides is 1. The molecule has 2 aromatic rings. The van der Waals surface area contributed by atoms with Crippen molar-refractivity contribution >= 4 is 51.5 Å². The van der Waals surface area contributed by atoms with Crippen LogP contribution in [0, 0.1) is 12.8 Å². The molecule has 1 aliphatic carbocycles. The number of rotatable bonds is 1. The van der Waals surface area contributed by atoms with E-state index in [1.165, 1.54) is 0 Å². The van der Waals surface area contributed by atoms with Gasteiger partial charge in [-0.15, -0.1) is 11.6 Å². The zero-order valence-corrected chi connectivity index (χ0v) is 14.0. The number of aryl methyl sites for hydroxylation is 1. The van der Waals surface area contributed by atoms with Crippen LogP contribution in [-0.4, -0.2) is 46.1 Å². The lowest BCUT2D eigenvalue weighted by Gasteiger charge is -2.24. The molecule has 0 aromatic carbocycles. The van der Waals surface area contributed by atoms with Crippen molar-refractivity contribution in [1.82, 2.24) is 15.0 Å². The molecule has 0 spiro atoms.